The van der Waals surface area contributed by atoms with Crippen molar-refractivity contribution < 1.29 is 9.59 Å². The minimum absolute atomic E-state index is 0.177. The van der Waals surface area contributed by atoms with Gasteiger partial charge >= 0.3 is 0 Å². The number of hydrogen-bond donors (Lipinski definition) is 0. The third-order valence-corrected chi connectivity index (χ3v) is 2.62. The van der Waals surface area contributed by atoms with E-state index in [1.54, 1.807) is 0 Å². The molecule has 2 heteroatoms. The van der Waals surface area contributed by atoms with Crippen LogP contribution in [0.3, 0.4) is 0 Å². The normalized spacial score (nSPS) is 12.6. The summed E-state index contributed by atoms with van der Waals surface area (Å²) in [4.78, 5) is 23.2. The molecule has 0 aromatic carbocycles. The molecule has 0 atom stereocenters. The van der Waals surface area contributed by atoms with Gasteiger partial charge in [0.1, 0.15) is 11.6 Å². The third-order valence-electron chi connectivity index (χ3n) is 2.62. The molecule has 0 bridgehead atoms. The van der Waals surface area contributed by atoms with Crippen LogP contribution in [0.5, 0.6) is 0 Å². The van der Waals surface area contributed by atoms with E-state index in [1.807, 2.05) is 20.8 Å². The van der Waals surface area contributed by atoms with E-state index in [9.17, 15) is 9.59 Å². The van der Waals surface area contributed by atoms with Gasteiger partial charge in [-0.3, -0.25) is 9.59 Å². The number of hydrogen-bond acceptors (Lipinski definition) is 2. The molecule has 0 radical (unpaired) electrons. The van der Waals surface area contributed by atoms with Crippen molar-refractivity contribution in [1.29, 1.82) is 0 Å². The van der Waals surface area contributed by atoms with E-state index in [0.29, 0.717) is 19.3 Å². The van der Waals surface area contributed by atoms with Gasteiger partial charge in [0.25, 0.3) is 0 Å². The van der Waals surface area contributed by atoms with Gasteiger partial charge in [-0.25, -0.2) is 0 Å². The first-order valence-corrected chi connectivity index (χ1v) is 6.07. The molecule has 94 valence electrons. The van der Waals surface area contributed by atoms with E-state index >= 15 is 0 Å². The standard InChI is InChI=1S/C14H26O2/c1-13(2,3)10-9-11(15)7-8-12(16)14(4,5)6/h7-10H2,1-6H3. The van der Waals surface area contributed by atoms with Crippen molar-refractivity contribution in [3.63, 3.8) is 0 Å². The second kappa shape index (κ2) is 5.60. The van der Waals surface area contributed by atoms with Gasteiger partial charge in [0.15, 0.2) is 0 Å². The summed E-state index contributed by atoms with van der Waals surface area (Å²) in [6, 6.07) is 0. The van der Waals surface area contributed by atoms with E-state index in [0.717, 1.165) is 6.42 Å². The number of carbonyl (C=O) groups excluding carboxylic acids is 2. The molecule has 0 saturated heterocycles. The molecule has 0 fully saturated rings. The van der Waals surface area contributed by atoms with Crippen molar-refractivity contribution >= 4 is 11.6 Å². The van der Waals surface area contributed by atoms with Gasteiger partial charge in [0, 0.05) is 24.7 Å². The molecule has 0 aliphatic carbocycles. The van der Waals surface area contributed by atoms with Crippen molar-refractivity contribution in [2.24, 2.45) is 10.8 Å². The van der Waals surface area contributed by atoms with Crippen LogP contribution in [0.2, 0.25) is 0 Å². The summed E-state index contributed by atoms with van der Waals surface area (Å²) in [5.74, 6) is 0.393. The molecule has 0 unspecified atom stereocenters. The van der Waals surface area contributed by atoms with Crippen molar-refractivity contribution in [2.75, 3.05) is 0 Å². The largest absolute Gasteiger partial charge is 0.300 e. The van der Waals surface area contributed by atoms with E-state index in [2.05, 4.69) is 20.8 Å². The maximum absolute atomic E-state index is 11.6. The third kappa shape index (κ3) is 7.61. The molecular formula is C14H26O2. The van der Waals surface area contributed by atoms with Crippen molar-refractivity contribution in [3.8, 4) is 0 Å². The van der Waals surface area contributed by atoms with Crippen LogP contribution >= 0.6 is 0 Å². The second-order valence-electron chi connectivity index (χ2n) is 6.77. The van der Waals surface area contributed by atoms with Crippen LogP contribution < -0.4 is 0 Å². The summed E-state index contributed by atoms with van der Waals surface area (Å²) in [7, 11) is 0. The molecule has 2 nitrogen and oxygen atoms in total. The highest BCUT2D eigenvalue weighted by molar-refractivity contribution is 5.88. The van der Waals surface area contributed by atoms with Crippen molar-refractivity contribution in [3.05, 3.63) is 0 Å². The number of ketones is 2. The molecule has 0 aromatic rings. The highest BCUT2D eigenvalue weighted by Gasteiger charge is 2.21. The Balaban J connectivity index is 3.88. The van der Waals surface area contributed by atoms with Gasteiger partial charge in [-0.15, -0.1) is 0 Å². The molecule has 0 aliphatic rings. The van der Waals surface area contributed by atoms with E-state index in [-0.39, 0.29) is 22.4 Å². The van der Waals surface area contributed by atoms with Gasteiger partial charge in [-0.1, -0.05) is 41.5 Å². The molecule has 0 spiro atoms. The Morgan fingerprint density at radius 1 is 0.812 bits per heavy atom. The monoisotopic (exact) mass is 226 g/mol. The van der Waals surface area contributed by atoms with Gasteiger partial charge in [-0.05, 0) is 11.8 Å². The van der Waals surface area contributed by atoms with Gasteiger partial charge < -0.3 is 0 Å². The lowest BCUT2D eigenvalue weighted by molar-refractivity contribution is -0.129. The molecule has 0 heterocycles. The Labute approximate surface area is 99.8 Å². The first kappa shape index (κ1) is 15.3. The van der Waals surface area contributed by atoms with Crippen LogP contribution in [-0.2, 0) is 9.59 Å². The van der Waals surface area contributed by atoms with Crippen LogP contribution in [0.4, 0.5) is 0 Å². The Bertz CT molecular complexity index is 251. The van der Waals surface area contributed by atoms with Crippen LogP contribution in [0, 0.1) is 10.8 Å². The lowest BCUT2D eigenvalue weighted by Gasteiger charge is -2.18. The summed E-state index contributed by atoms with van der Waals surface area (Å²) in [6.45, 7) is 12.1. The smallest absolute Gasteiger partial charge is 0.138 e. The lowest BCUT2D eigenvalue weighted by Crippen LogP contribution is -2.21. The van der Waals surface area contributed by atoms with Crippen molar-refractivity contribution in [1.82, 2.24) is 0 Å². The first-order chi connectivity index (χ1) is 7.02. The Hall–Kier alpha value is -0.660. The quantitative estimate of drug-likeness (QED) is 0.715. The molecule has 0 saturated carbocycles. The maximum atomic E-state index is 11.6. The molecule has 0 rings (SSSR count). The highest BCUT2D eigenvalue weighted by Crippen LogP contribution is 2.22. The molecule has 0 aromatic heterocycles. The van der Waals surface area contributed by atoms with Crippen molar-refractivity contribution in [2.45, 2.75) is 67.2 Å². The fourth-order valence-corrected chi connectivity index (χ4v) is 1.27. The minimum atomic E-state index is -0.315. The lowest BCUT2D eigenvalue weighted by atomic mass is 9.86. The molecule has 0 amide bonds. The number of rotatable bonds is 5. The fraction of sp³-hybridized carbons (Fsp3) is 0.857. The first-order valence-electron chi connectivity index (χ1n) is 6.07. The highest BCUT2D eigenvalue weighted by atomic mass is 16.1. The van der Waals surface area contributed by atoms with E-state index in [1.165, 1.54) is 0 Å². The zero-order valence-electron chi connectivity index (χ0n) is 11.6. The summed E-state index contributed by atoms with van der Waals surface area (Å²) in [6.07, 6.45) is 2.30. The van der Waals surface area contributed by atoms with Gasteiger partial charge in [-0.2, -0.15) is 0 Å². The predicted molar refractivity (Wildman–Crippen MR) is 67.4 cm³/mol. The average molecular weight is 226 g/mol. The second-order valence-corrected chi connectivity index (χ2v) is 6.77. The summed E-state index contributed by atoms with van der Waals surface area (Å²) in [5.41, 5.74) is -0.117. The molecular weight excluding hydrogens is 200 g/mol. The zero-order chi connectivity index (χ0) is 13.0. The summed E-state index contributed by atoms with van der Waals surface area (Å²) >= 11 is 0. The minimum Gasteiger partial charge on any atom is -0.300 e. The zero-order valence-corrected chi connectivity index (χ0v) is 11.6. The Morgan fingerprint density at radius 3 is 1.69 bits per heavy atom. The molecule has 0 N–H and O–H groups in total. The SMILES string of the molecule is CC(C)(C)CCC(=O)CCC(=O)C(C)(C)C. The van der Waals surface area contributed by atoms with Gasteiger partial charge in [0.05, 0.1) is 0 Å². The Kier molecular flexibility index (Phi) is 5.37. The van der Waals surface area contributed by atoms with E-state index in [4.69, 9.17) is 0 Å². The van der Waals surface area contributed by atoms with Gasteiger partial charge in [0.2, 0.25) is 0 Å². The summed E-state index contributed by atoms with van der Waals surface area (Å²) in [5, 5.41) is 0. The van der Waals surface area contributed by atoms with Crippen LogP contribution in [0.15, 0.2) is 0 Å². The average Bonchev–Trinajstić information content (AvgIpc) is 2.08. The maximum Gasteiger partial charge on any atom is 0.138 e. The van der Waals surface area contributed by atoms with Crippen LogP contribution in [0.1, 0.15) is 67.2 Å². The van der Waals surface area contributed by atoms with Crippen LogP contribution in [-0.4, -0.2) is 11.6 Å². The van der Waals surface area contributed by atoms with Crippen LogP contribution in [0.25, 0.3) is 0 Å². The molecule has 16 heavy (non-hydrogen) atoms. The molecule has 0 aliphatic heterocycles. The topological polar surface area (TPSA) is 34.1 Å². The Morgan fingerprint density at radius 2 is 1.31 bits per heavy atom. The summed E-state index contributed by atoms with van der Waals surface area (Å²) < 4.78 is 0. The predicted octanol–water partition coefficient (Wildman–Crippen LogP) is 3.78. The fourth-order valence-electron chi connectivity index (χ4n) is 1.27. The number of carbonyl (C=O) groups is 2. The van der Waals surface area contributed by atoms with E-state index < -0.39 is 0 Å². The number of Topliss-reactive ketones (excluding diaryl/α,β-unsaturated/α-hetero) is 2.